The van der Waals surface area contributed by atoms with Crippen molar-refractivity contribution in [3.8, 4) is 0 Å². The van der Waals surface area contributed by atoms with Crippen LogP contribution in [0.1, 0.15) is 16.7 Å². The molecule has 3 N–H and O–H groups in total. The second kappa shape index (κ2) is 6.14. The van der Waals surface area contributed by atoms with E-state index in [-0.39, 0.29) is 6.04 Å². The molecule has 1 rings (SSSR count). The first-order chi connectivity index (χ1) is 6.80. The molecule has 14 heavy (non-hydrogen) atoms. The molecule has 0 spiro atoms. The second-order valence-corrected chi connectivity index (χ2v) is 4.50. The molecule has 0 aromatic carbocycles. The highest BCUT2D eigenvalue weighted by atomic mass is 32.1. The van der Waals surface area contributed by atoms with Crippen molar-refractivity contribution in [2.24, 2.45) is 5.84 Å². The summed E-state index contributed by atoms with van der Waals surface area (Å²) in [6.45, 7) is 2.82. The van der Waals surface area contributed by atoms with Gasteiger partial charge in [-0.05, 0) is 18.6 Å². The Morgan fingerprint density at radius 2 is 2.21 bits per heavy atom. The molecule has 1 aromatic rings. The van der Waals surface area contributed by atoms with Crippen LogP contribution in [0.15, 0.2) is 12.1 Å². The Labute approximate surface area is 89.2 Å². The molecule has 3 nitrogen and oxygen atoms in total. The van der Waals surface area contributed by atoms with Gasteiger partial charge in [0.2, 0.25) is 0 Å². The fourth-order valence-electron chi connectivity index (χ4n) is 1.33. The third-order valence-corrected chi connectivity index (χ3v) is 3.37. The summed E-state index contributed by atoms with van der Waals surface area (Å²) in [6, 6.07) is 4.56. The molecule has 1 atom stereocenters. The quantitative estimate of drug-likeness (QED) is 0.555. The molecule has 4 heteroatoms. The van der Waals surface area contributed by atoms with Gasteiger partial charge in [-0.15, -0.1) is 11.3 Å². The number of thiophene rings is 1. The molecular formula is C10H18N2OS. The molecule has 0 aliphatic carbocycles. The van der Waals surface area contributed by atoms with Crippen LogP contribution in [0.2, 0.25) is 0 Å². The number of nitrogens with two attached hydrogens (primary N) is 1. The molecule has 0 aliphatic rings. The number of hydrogen-bond donors (Lipinski definition) is 2. The molecule has 0 fully saturated rings. The van der Waals surface area contributed by atoms with Crippen molar-refractivity contribution in [2.45, 2.75) is 25.8 Å². The van der Waals surface area contributed by atoms with Gasteiger partial charge in [0.05, 0.1) is 6.61 Å². The van der Waals surface area contributed by atoms with Gasteiger partial charge in [0.15, 0.2) is 0 Å². The van der Waals surface area contributed by atoms with Gasteiger partial charge in [-0.1, -0.05) is 6.92 Å². The van der Waals surface area contributed by atoms with Gasteiger partial charge in [0, 0.05) is 29.3 Å². The summed E-state index contributed by atoms with van der Waals surface area (Å²) in [7, 11) is 1.69. The van der Waals surface area contributed by atoms with Gasteiger partial charge in [-0.3, -0.25) is 11.3 Å². The predicted octanol–water partition coefficient (Wildman–Crippen LogP) is 1.33. The summed E-state index contributed by atoms with van der Waals surface area (Å²) >= 11 is 1.85. The fraction of sp³-hybridized carbons (Fsp3) is 0.600. The normalized spacial score (nSPS) is 13.1. The van der Waals surface area contributed by atoms with Crippen LogP contribution in [-0.2, 0) is 17.6 Å². The number of rotatable bonds is 6. The molecule has 0 saturated carbocycles. The monoisotopic (exact) mass is 214 g/mol. The summed E-state index contributed by atoms with van der Waals surface area (Å²) in [5.74, 6) is 5.42. The summed E-state index contributed by atoms with van der Waals surface area (Å²) in [6.07, 6.45) is 2.05. The molecule has 80 valence electrons. The Hall–Kier alpha value is -0.420. The van der Waals surface area contributed by atoms with Gasteiger partial charge in [0.25, 0.3) is 0 Å². The number of hydrogen-bond acceptors (Lipinski definition) is 4. The number of hydrazine groups is 1. The van der Waals surface area contributed by atoms with E-state index in [4.69, 9.17) is 10.6 Å². The van der Waals surface area contributed by atoms with Crippen LogP contribution in [0.4, 0.5) is 0 Å². The van der Waals surface area contributed by atoms with Gasteiger partial charge in [0.1, 0.15) is 0 Å². The summed E-state index contributed by atoms with van der Waals surface area (Å²) in [5.41, 5.74) is 2.76. The summed E-state index contributed by atoms with van der Waals surface area (Å²) in [5, 5.41) is 0. The van der Waals surface area contributed by atoms with E-state index in [0.717, 1.165) is 12.8 Å². The Kier molecular flexibility index (Phi) is 5.11. The van der Waals surface area contributed by atoms with Crippen LogP contribution in [0.3, 0.4) is 0 Å². The lowest BCUT2D eigenvalue weighted by Crippen LogP contribution is -2.39. The maximum absolute atomic E-state index is 5.42. The molecule has 1 unspecified atom stereocenters. The highest BCUT2D eigenvalue weighted by Gasteiger charge is 2.08. The maximum Gasteiger partial charge on any atom is 0.0632 e. The maximum atomic E-state index is 5.42. The van der Waals surface area contributed by atoms with Gasteiger partial charge in [-0.2, -0.15) is 0 Å². The van der Waals surface area contributed by atoms with Crippen LogP contribution in [-0.4, -0.2) is 19.8 Å². The van der Waals surface area contributed by atoms with Crippen molar-refractivity contribution in [3.63, 3.8) is 0 Å². The SMILES string of the molecule is CCc1ccc(CC(COC)NN)s1. The Morgan fingerprint density at radius 3 is 2.71 bits per heavy atom. The van der Waals surface area contributed by atoms with E-state index in [1.54, 1.807) is 7.11 Å². The van der Waals surface area contributed by atoms with Crippen molar-refractivity contribution >= 4 is 11.3 Å². The molecule has 1 aromatic heterocycles. The molecule has 0 aliphatic heterocycles. The Bertz CT molecular complexity index is 262. The average Bonchev–Trinajstić information content (AvgIpc) is 2.65. The average molecular weight is 214 g/mol. The molecular weight excluding hydrogens is 196 g/mol. The molecule has 0 radical (unpaired) electrons. The van der Waals surface area contributed by atoms with E-state index in [9.17, 15) is 0 Å². The number of methoxy groups -OCH3 is 1. The van der Waals surface area contributed by atoms with Crippen LogP contribution in [0.5, 0.6) is 0 Å². The topological polar surface area (TPSA) is 47.3 Å². The third kappa shape index (κ3) is 3.38. The van der Waals surface area contributed by atoms with Crippen molar-refractivity contribution in [1.82, 2.24) is 5.43 Å². The van der Waals surface area contributed by atoms with Crippen molar-refractivity contribution in [3.05, 3.63) is 21.9 Å². The van der Waals surface area contributed by atoms with E-state index < -0.39 is 0 Å². The first-order valence-electron chi connectivity index (χ1n) is 4.82. The van der Waals surface area contributed by atoms with E-state index in [1.165, 1.54) is 9.75 Å². The Morgan fingerprint density at radius 1 is 1.50 bits per heavy atom. The lowest BCUT2D eigenvalue weighted by atomic mass is 10.2. The van der Waals surface area contributed by atoms with E-state index in [1.807, 2.05) is 11.3 Å². The zero-order chi connectivity index (χ0) is 10.4. The van der Waals surface area contributed by atoms with Crippen LogP contribution < -0.4 is 11.3 Å². The highest BCUT2D eigenvalue weighted by molar-refractivity contribution is 7.11. The molecule has 0 bridgehead atoms. The van der Waals surface area contributed by atoms with Crippen LogP contribution in [0, 0.1) is 0 Å². The van der Waals surface area contributed by atoms with Crippen molar-refractivity contribution < 1.29 is 4.74 Å². The first-order valence-corrected chi connectivity index (χ1v) is 5.64. The predicted molar refractivity (Wildman–Crippen MR) is 60.4 cm³/mol. The van der Waals surface area contributed by atoms with Gasteiger partial charge < -0.3 is 4.74 Å². The summed E-state index contributed by atoms with van der Waals surface area (Å²) < 4.78 is 5.06. The van der Waals surface area contributed by atoms with E-state index >= 15 is 0 Å². The van der Waals surface area contributed by atoms with E-state index in [2.05, 4.69) is 24.5 Å². The number of nitrogens with one attached hydrogen (secondary N) is 1. The highest BCUT2D eigenvalue weighted by Crippen LogP contribution is 2.18. The van der Waals surface area contributed by atoms with E-state index in [0.29, 0.717) is 6.61 Å². The zero-order valence-corrected chi connectivity index (χ0v) is 9.56. The Balaban J connectivity index is 2.48. The van der Waals surface area contributed by atoms with Gasteiger partial charge >= 0.3 is 0 Å². The molecule has 0 saturated heterocycles. The van der Waals surface area contributed by atoms with Crippen LogP contribution >= 0.6 is 11.3 Å². The van der Waals surface area contributed by atoms with Crippen LogP contribution in [0.25, 0.3) is 0 Å². The lowest BCUT2D eigenvalue weighted by Gasteiger charge is -2.13. The largest absolute Gasteiger partial charge is 0.383 e. The molecule has 0 amide bonds. The minimum Gasteiger partial charge on any atom is -0.383 e. The minimum atomic E-state index is 0.211. The smallest absolute Gasteiger partial charge is 0.0632 e. The number of aryl methyl sites for hydroxylation is 1. The minimum absolute atomic E-state index is 0.211. The fourth-order valence-corrected chi connectivity index (χ4v) is 2.37. The standard InChI is InChI=1S/C10H18N2OS/c1-3-9-4-5-10(14-9)6-8(12-11)7-13-2/h4-5,8,12H,3,6-7,11H2,1-2H3. The van der Waals surface area contributed by atoms with Crippen molar-refractivity contribution in [1.29, 1.82) is 0 Å². The molecule has 1 heterocycles. The summed E-state index contributed by atoms with van der Waals surface area (Å²) in [4.78, 5) is 2.79. The first kappa shape index (κ1) is 11.7. The lowest BCUT2D eigenvalue weighted by molar-refractivity contribution is 0.166. The second-order valence-electron chi connectivity index (χ2n) is 3.24. The zero-order valence-electron chi connectivity index (χ0n) is 8.75. The third-order valence-electron chi connectivity index (χ3n) is 2.12. The van der Waals surface area contributed by atoms with Crippen molar-refractivity contribution in [2.75, 3.05) is 13.7 Å². The van der Waals surface area contributed by atoms with Gasteiger partial charge in [-0.25, -0.2) is 0 Å². The number of ether oxygens (including phenoxy) is 1.